The van der Waals surface area contributed by atoms with Crippen LogP contribution in [-0.2, 0) is 20.9 Å². The van der Waals surface area contributed by atoms with Crippen molar-refractivity contribution in [2.24, 2.45) is 0 Å². The van der Waals surface area contributed by atoms with E-state index < -0.39 is 5.92 Å². The number of ether oxygens (including phenoxy) is 2. The van der Waals surface area contributed by atoms with Crippen molar-refractivity contribution in [3.05, 3.63) is 65.7 Å². The summed E-state index contributed by atoms with van der Waals surface area (Å²) in [5, 5.41) is 9.21. The summed E-state index contributed by atoms with van der Waals surface area (Å²) >= 11 is 0. The largest absolute Gasteiger partial charge is 0.489 e. The molecule has 0 spiro atoms. The first-order valence-electron chi connectivity index (χ1n) is 8.60. The fourth-order valence-corrected chi connectivity index (χ4v) is 2.67. The van der Waals surface area contributed by atoms with Crippen molar-refractivity contribution >= 4 is 12.4 Å². The Hall–Kier alpha value is -3.33. The third kappa shape index (κ3) is 5.86. The molecule has 0 saturated heterocycles. The van der Waals surface area contributed by atoms with Crippen LogP contribution in [0.15, 0.2) is 54.6 Å². The number of nitrogens with zero attached hydrogens (tertiary/aromatic N) is 2. The SMILES string of the molecule is CN(CCOC=O)C(=O)C(CC#N)c1ccccc1OCc1ccccc1. The first-order valence-corrected chi connectivity index (χ1v) is 8.60. The fourth-order valence-electron chi connectivity index (χ4n) is 2.67. The van der Waals surface area contributed by atoms with Gasteiger partial charge in [-0.25, -0.2) is 0 Å². The molecule has 0 aliphatic carbocycles. The number of nitriles is 1. The normalized spacial score (nSPS) is 11.1. The van der Waals surface area contributed by atoms with E-state index in [0.717, 1.165) is 5.56 Å². The maximum atomic E-state index is 12.8. The highest BCUT2D eigenvalue weighted by Gasteiger charge is 2.26. The molecule has 0 aliphatic heterocycles. The topological polar surface area (TPSA) is 79.6 Å². The van der Waals surface area contributed by atoms with Gasteiger partial charge in [-0.15, -0.1) is 0 Å². The van der Waals surface area contributed by atoms with E-state index in [1.807, 2.05) is 42.5 Å². The van der Waals surface area contributed by atoms with E-state index in [-0.39, 0.29) is 25.5 Å². The number of carbonyl (C=O) groups excluding carboxylic acids is 2. The number of benzene rings is 2. The molecule has 0 N–H and O–H groups in total. The number of rotatable bonds is 10. The van der Waals surface area contributed by atoms with Crippen molar-refractivity contribution < 1.29 is 19.1 Å². The van der Waals surface area contributed by atoms with E-state index in [1.165, 1.54) is 4.90 Å². The predicted molar refractivity (Wildman–Crippen MR) is 99.8 cm³/mol. The van der Waals surface area contributed by atoms with Gasteiger partial charge in [0.1, 0.15) is 19.0 Å². The smallest absolute Gasteiger partial charge is 0.293 e. The lowest BCUT2D eigenvalue weighted by atomic mass is 9.94. The van der Waals surface area contributed by atoms with Crippen LogP contribution in [0.25, 0.3) is 0 Å². The molecule has 0 heterocycles. The zero-order valence-electron chi connectivity index (χ0n) is 15.2. The molecule has 0 saturated carbocycles. The third-order valence-electron chi connectivity index (χ3n) is 4.11. The predicted octanol–water partition coefficient (Wildman–Crippen LogP) is 2.89. The number of hydrogen-bond acceptors (Lipinski definition) is 5. The molecule has 1 atom stereocenters. The van der Waals surface area contributed by atoms with Crippen LogP contribution < -0.4 is 4.74 Å². The summed E-state index contributed by atoms with van der Waals surface area (Å²) in [5.74, 6) is -0.294. The van der Waals surface area contributed by atoms with Gasteiger partial charge in [-0.1, -0.05) is 48.5 Å². The van der Waals surface area contributed by atoms with Gasteiger partial charge in [0.25, 0.3) is 6.47 Å². The second-order valence-corrected chi connectivity index (χ2v) is 5.95. The first-order chi connectivity index (χ1) is 13.2. The van der Waals surface area contributed by atoms with Crippen molar-refractivity contribution in [1.29, 1.82) is 5.26 Å². The van der Waals surface area contributed by atoms with E-state index in [0.29, 0.717) is 24.4 Å². The van der Waals surface area contributed by atoms with Gasteiger partial charge in [-0.3, -0.25) is 9.59 Å². The molecule has 1 amide bonds. The van der Waals surface area contributed by atoms with Crippen LogP contribution in [0.1, 0.15) is 23.5 Å². The summed E-state index contributed by atoms with van der Waals surface area (Å²) in [7, 11) is 1.62. The van der Waals surface area contributed by atoms with Crippen LogP contribution in [0, 0.1) is 11.3 Å². The maximum Gasteiger partial charge on any atom is 0.293 e. The van der Waals surface area contributed by atoms with Gasteiger partial charge in [0.2, 0.25) is 5.91 Å². The molecule has 2 rings (SSSR count). The van der Waals surface area contributed by atoms with Gasteiger partial charge in [-0.05, 0) is 11.6 Å². The van der Waals surface area contributed by atoms with Crippen molar-refractivity contribution in [3.63, 3.8) is 0 Å². The molecule has 2 aromatic carbocycles. The summed E-state index contributed by atoms with van der Waals surface area (Å²) in [6.45, 7) is 1.08. The second kappa shape index (κ2) is 10.6. The molecule has 0 aromatic heterocycles. The van der Waals surface area contributed by atoms with Crippen LogP contribution in [0.2, 0.25) is 0 Å². The van der Waals surface area contributed by atoms with Crippen molar-refractivity contribution in [3.8, 4) is 11.8 Å². The van der Waals surface area contributed by atoms with Crippen LogP contribution in [0.4, 0.5) is 0 Å². The van der Waals surface area contributed by atoms with Gasteiger partial charge >= 0.3 is 0 Å². The highest BCUT2D eigenvalue weighted by Crippen LogP contribution is 2.31. The van der Waals surface area contributed by atoms with Gasteiger partial charge in [0.15, 0.2) is 0 Å². The number of hydrogen-bond donors (Lipinski definition) is 0. The van der Waals surface area contributed by atoms with E-state index in [4.69, 9.17) is 4.74 Å². The van der Waals surface area contributed by atoms with Crippen molar-refractivity contribution in [2.45, 2.75) is 18.9 Å². The molecule has 27 heavy (non-hydrogen) atoms. The minimum Gasteiger partial charge on any atom is -0.489 e. The molecular weight excluding hydrogens is 344 g/mol. The number of para-hydroxylation sites is 1. The van der Waals surface area contributed by atoms with Gasteiger partial charge in [0, 0.05) is 12.6 Å². The van der Waals surface area contributed by atoms with Gasteiger partial charge in [-0.2, -0.15) is 5.26 Å². The highest BCUT2D eigenvalue weighted by molar-refractivity contribution is 5.84. The number of likely N-dealkylation sites (N-methyl/N-ethyl adjacent to an activating group) is 1. The van der Waals surface area contributed by atoms with E-state index in [2.05, 4.69) is 10.8 Å². The van der Waals surface area contributed by atoms with Crippen LogP contribution in [0.3, 0.4) is 0 Å². The van der Waals surface area contributed by atoms with E-state index >= 15 is 0 Å². The quantitative estimate of drug-likeness (QED) is 0.477. The summed E-state index contributed by atoms with van der Waals surface area (Å²) < 4.78 is 10.6. The Kier molecular flexibility index (Phi) is 7.86. The molecular formula is C21H22N2O4. The molecule has 0 aliphatic rings. The van der Waals surface area contributed by atoms with E-state index in [9.17, 15) is 14.9 Å². The summed E-state index contributed by atoms with van der Waals surface area (Å²) in [5.41, 5.74) is 1.68. The standard InChI is InChI=1S/C21H22N2O4/c1-23(13-14-26-16-24)21(25)19(11-12-22)18-9-5-6-10-20(18)27-15-17-7-3-2-4-8-17/h2-10,16,19H,11,13-15H2,1H3. The van der Waals surface area contributed by atoms with Gasteiger partial charge in [0.05, 0.1) is 25.0 Å². The minimum atomic E-state index is -0.650. The lowest BCUT2D eigenvalue weighted by Crippen LogP contribution is -2.34. The number of carbonyl (C=O) groups is 2. The van der Waals surface area contributed by atoms with Crippen molar-refractivity contribution in [1.82, 2.24) is 4.90 Å². The Morgan fingerprint density at radius 3 is 2.59 bits per heavy atom. The summed E-state index contributed by atoms with van der Waals surface area (Å²) in [6.07, 6.45) is 0.0312. The Bertz CT molecular complexity index is 786. The monoisotopic (exact) mass is 366 g/mol. The minimum absolute atomic E-state index is 0.0312. The number of amides is 1. The van der Waals surface area contributed by atoms with Crippen molar-refractivity contribution in [2.75, 3.05) is 20.2 Å². The lowest BCUT2D eigenvalue weighted by Gasteiger charge is -2.24. The Morgan fingerprint density at radius 1 is 1.19 bits per heavy atom. The molecule has 140 valence electrons. The van der Waals surface area contributed by atoms with Crippen LogP contribution >= 0.6 is 0 Å². The lowest BCUT2D eigenvalue weighted by molar-refractivity contribution is -0.135. The van der Waals surface area contributed by atoms with Crippen LogP contribution in [-0.4, -0.2) is 37.5 Å². The maximum absolute atomic E-state index is 12.8. The molecule has 1 unspecified atom stereocenters. The molecule has 0 radical (unpaired) electrons. The zero-order chi connectivity index (χ0) is 19.5. The summed E-state index contributed by atoms with van der Waals surface area (Å²) in [4.78, 5) is 24.5. The molecule has 0 fully saturated rings. The average molecular weight is 366 g/mol. The third-order valence-corrected chi connectivity index (χ3v) is 4.11. The van der Waals surface area contributed by atoms with E-state index in [1.54, 1.807) is 19.2 Å². The fraction of sp³-hybridized carbons (Fsp3) is 0.286. The molecule has 0 bridgehead atoms. The second-order valence-electron chi connectivity index (χ2n) is 5.95. The Balaban J connectivity index is 2.17. The Morgan fingerprint density at radius 2 is 1.89 bits per heavy atom. The Labute approximate surface area is 158 Å². The van der Waals surface area contributed by atoms with Gasteiger partial charge < -0.3 is 14.4 Å². The average Bonchev–Trinajstić information content (AvgIpc) is 2.71. The molecule has 2 aromatic rings. The first kappa shape index (κ1) is 20.0. The summed E-state index contributed by atoms with van der Waals surface area (Å²) in [6, 6.07) is 19.0. The van der Waals surface area contributed by atoms with Crippen LogP contribution in [0.5, 0.6) is 5.75 Å². The highest BCUT2D eigenvalue weighted by atomic mass is 16.5. The zero-order valence-corrected chi connectivity index (χ0v) is 15.2. The molecule has 6 heteroatoms. The molecule has 6 nitrogen and oxygen atoms in total.